The third kappa shape index (κ3) is 3.59. The molecule has 2 N–H and O–H groups in total. The molecule has 1 aromatic heterocycles. The summed E-state index contributed by atoms with van der Waals surface area (Å²) in [5.41, 5.74) is 5.67. The Balaban J connectivity index is 2.98. The molecule has 0 aromatic carbocycles. The van der Waals surface area contributed by atoms with Crippen molar-refractivity contribution in [3.05, 3.63) is 14.5 Å². The van der Waals surface area contributed by atoms with Crippen LogP contribution in [0.25, 0.3) is 0 Å². The van der Waals surface area contributed by atoms with Gasteiger partial charge in [-0.3, -0.25) is 0 Å². The van der Waals surface area contributed by atoms with Gasteiger partial charge in [-0.2, -0.15) is 4.40 Å². The molecular weight excluding hydrogens is 315 g/mol. The van der Waals surface area contributed by atoms with E-state index in [-0.39, 0.29) is 18.2 Å². The molecule has 0 fully saturated rings. The van der Waals surface area contributed by atoms with Crippen molar-refractivity contribution in [1.29, 1.82) is 0 Å². The van der Waals surface area contributed by atoms with Gasteiger partial charge in [-0.1, -0.05) is 5.92 Å². The first kappa shape index (κ1) is 13.2. The zero-order chi connectivity index (χ0) is 12.0. The van der Waals surface area contributed by atoms with Crippen LogP contribution < -0.4 is 5.73 Å². The Morgan fingerprint density at radius 1 is 1.75 bits per heavy atom. The molecule has 1 heterocycles. The largest absolute Gasteiger partial charge is 0.382 e. The molecule has 0 bridgehead atoms. The lowest BCUT2D eigenvalue weighted by Gasteiger charge is -1.92. The second-order valence-corrected chi connectivity index (χ2v) is 4.42. The van der Waals surface area contributed by atoms with Crippen LogP contribution in [0.1, 0.15) is 16.8 Å². The van der Waals surface area contributed by atoms with Gasteiger partial charge >= 0.3 is 0 Å². The van der Waals surface area contributed by atoms with Crippen LogP contribution in [0, 0.1) is 11.8 Å². The fourth-order valence-corrected chi connectivity index (χ4v) is 2.38. The second-order valence-electron chi connectivity index (χ2n) is 2.32. The maximum Gasteiger partial charge on any atom is 0.188 e. The number of hydrogen-bond acceptors (Lipinski definition) is 4. The minimum Gasteiger partial charge on any atom is -0.382 e. The van der Waals surface area contributed by atoms with E-state index in [1.807, 2.05) is 0 Å². The van der Waals surface area contributed by atoms with Gasteiger partial charge in [-0.05, 0) is 28.8 Å². The van der Waals surface area contributed by atoms with Crippen molar-refractivity contribution in [3.63, 3.8) is 0 Å². The topological polar surface area (TPSA) is 63.6 Å². The Labute approximate surface area is 109 Å². The second kappa shape index (κ2) is 6.62. The number of rotatable bonds is 3. The van der Waals surface area contributed by atoms with Crippen molar-refractivity contribution in [3.8, 4) is 11.8 Å². The molecule has 1 aromatic rings. The molecular formula is C8H6BrFN4S2. The first-order valence-corrected chi connectivity index (χ1v) is 6.19. The Hall–Kier alpha value is -0.910. The first-order chi connectivity index (χ1) is 7.69. The fraction of sp³-hybridized carbons (Fsp3) is 0.125. The van der Waals surface area contributed by atoms with E-state index in [2.05, 4.69) is 42.1 Å². The first-order valence-electron chi connectivity index (χ1n) is 3.91. The highest BCUT2D eigenvalue weighted by molar-refractivity contribution is 9.10. The summed E-state index contributed by atoms with van der Waals surface area (Å²) in [5, 5.41) is 0.638. The van der Waals surface area contributed by atoms with Crippen LogP contribution in [0.4, 0.5) is 3.89 Å². The molecule has 0 spiro atoms. The van der Waals surface area contributed by atoms with Gasteiger partial charge in [-0.15, -0.1) is 15.2 Å². The van der Waals surface area contributed by atoms with Gasteiger partial charge in [0.25, 0.3) is 0 Å². The quantitative estimate of drug-likeness (QED) is 0.403. The summed E-state index contributed by atoms with van der Waals surface area (Å²) in [4.78, 5) is 8.53. The van der Waals surface area contributed by atoms with Crippen LogP contribution in [0.5, 0.6) is 0 Å². The van der Waals surface area contributed by atoms with E-state index >= 15 is 0 Å². The Bertz CT molecular complexity index is 486. The van der Waals surface area contributed by atoms with Crippen LogP contribution in [-0.2, 0) is 0 Å². The predicted molar refractivity (Wildman–Crippen MR) is 70.3 cm³/mol. The van der Waals surface area contributed by atoms with E-state index in [1.165, 1.54) is 11.3 Å². The fourth-order valence-electron chi connectivity index (χ4n) is 0.782. The molecule has 4 nitrogen and oxygen atoms in total. The number of hydrogen-bond donors (Lipinski definition) is 1. The summed E-state index contributed by atoms with van der Waals surface area (Å²) < 4.78 is 15.4. The average molecular weight is 321 g/mol. The van der Waals surface area contributed by atoms with E-state index < -0.39 is 0 Å². The minimum atomic E-state index is -0.183. The summed E-state index contributed by atoms with van der Waals surface area (Å²) in [5.74, 6) is 5.76. The zero-order valence-corrected chi connectivity index (χ0v) is 11.3. The molecule has 0 unspecified atom stereocenters. The lowest BCUT2D eigenvalue weighted by atomic mass is 10.5. The molecule has 0 saturated carbocycles. The van der Waals surface area contributed by atoms with Crippen molar-refractivity contribution >= 4 is 51.8 Å². The predicted octanol–water partition coefficient (Wildman–Crippen LogP) is 2.54. The van der Waals surface area contributed by atoms with E-state index in [1.54, 1.807) is 6.92 Å². The Kier molecular flexibility index (Phi) is 5.45. The maximum absolute atomic E-state index is 11.6. The molecule has 0 aliphatic carbocycles. The van der Waals surface area contributed by atoms with Crippen molar-refractivity contribution in [2.45, 2.75) is 6.92 Å². The van der Waals surface area contributed by atoms with Crippen LogP contribution in [0.2, 0.25) is 0 Å². The summed E-state index contributed by atoms with van der Waals surface area (Å²) in [7, 11) is 0. The minimum absolute atomic E-state index is 0.183. The van der Waals surface area contributed by atoms with Crippen LogP contribution in [-0.4, -0.2) is 17.2 Å². The van der Waals surface area contributed by atoms with E-state index in [0.29, 0.717) is 14.5 Å². The number of aliphatic imine (C=N–C) groups is 1. The van der Waals surface area contributed by atoms with Gasteiger partial charge in [0.2, 0.25) is 0 Å². The number of nitrogens with two attached hydrogens (primary N) is 1. The third-order valence-corrected chi connectivity index (χ3v) is 3.34. The Morgan fingerprint density at radius 2 is 2.50 bits per heavy atom. The zero-order valence-electron chi connectivity index (χ0n) is 8.07. The van der Waals surface area contributed by atoms with Gasteiger partial charge in [0.15, 0.2) is 17.3 Å². The van der Waals surface area contributed by atoms with Gasteiger partial charge < -0.3 is 5.73 Å². The van der Waals surface area contributed by atoms with Crippen molar-refractivity contribution < 1.29 is 3.89 Å². The number of thiazole rings is 1. The molecule has 16 heavy (non-hydrogen) atoms. The highest BCUT2D eigenvalue weighted by Gasteiger charge is 2.10. The van der Waals surface area contributed by atoms with Crippen molar-refractivity contribution in [2.24, 2.45) is 15.1 Å². The van der Waals surface area contributed by atoms with Crippen LogP contribution in [0.3, 0.4) is 0 Å². The molecule has 0 amide bonds. The smallest absolute Gasteiger partial charge is 0.188 e. The van der Waals surface area contributed by atoms with Crippen molar-refractivity contribution in [2.75, 3.05) is 0 Å². The maximum atomic E-state index is 11.6. The number of halogens is 2. The average Bonchev–Trinajstić information content (AvgIpc) is 2.60. The van der Waals surface area contributed by atoms with Gasteiger partial charge in [0.1, 0.15) is 21.7 Å². The van der Waals surface area contributed by atoms with E-state index in [9.17, 15) is 3.89 Å². The third-order valence-electron chi connectivity index (χ3n) is 1.33. The molecule has 0 atom stereocenters. The van der Waals surface area contributed by atoms with E-state index in [0.717, 1.165) is 6.34 Å². The van der Waals surface area contributed by atoms with Crippen LogP contribution in [0.15, 0.2) is 14.0 Å². The molecule has 0 aliphatic rings. The highest BCUT2D eigenvalue weighted by atomic mass is 79.9. The monoisotopic (exact) mass is 320 g/mol. The van der Waals surface area contributed by atoms with Crippen LogP contribution >= 0.6 is 39.6 Å². The molecule has 0 radical (unpaired) electrons. The molecule has 0 saturated heterocycles. The molecule has 0 aliphatic heterocycles. The highest BCUT2D eigenvalue weighted by Crippen LogP contribution is 2.22. The summed E-state index contributed by atoms with van der Waals surface area (Å²) >= 11 is 4.36. The van der Waals surface area contributed by atoms with Gasteiger partial charge in [0, 0.05) is 0 Å². The lowest BCUT2D eigenvalue weighted by molar-refractivity contribution is 0.939. The van der Waals surface area contributed by atoms with Crippen molar-refractivity contribution in [1.82, 2.24) is 4.98 Å². The number of aromatic nitrogens is 1. The summed E-state index contributed by atoms with van der Waals surface area (Å²) in [6.45, 7) is 1.72. The molecule has 1 rings (SSSR count). The number of nitrogens with zero attached hydrogens (tertiary/aromatic N) is 3. The molecule has 8 heteroatoms. The van der Waals surface area contributed by atoms with E-state index in [4.69, 9.17) is 5.73 Å². The summed E-state index contributed by atoms with van der Waals surface area (Å²) in [6.07, 6.45) is 1.04. The Morgan fingerprint density at radius 3 is 3.12 bits per heavy atom. The SMILES string of the molecule is CC#Cc1nc(Br)c(C(N)=N/C=N/SF)s1. The lowest BCUT2D eigenvalue weighted by Crippen LogP contribution is -2.12. The summed E-state index contributed by atoms with van der Waals surface area (Å²) in [6, 6.07) is 0. The normalized spacial score (nSPS) is 11.6. The van der Waals surface area contributed by atoms with Gasteiger partial charge in [-0.25, -0.2) is 9.98 Å². The van der Waals surface area contributed by atoms with Gasteiger partial charge in [0.05, 0.1) is 0 Å². The number of amidine groups is 1. The standard InChI is InChI=1S/C8H6BrFN4S2/c1-2-3-5-14-7(9)6(15-5)8(11)12-4-13-16-10/h4H,1H3,(H2,11,12,13). The molecule has 84 valence electrons.